The van der Waals surface area contributed by atoms with Gasteiger partial charge in [0.2, 0.25) is 5.88 Å². The standard InChI is InChI=1S/C23H34N2O3/c1-4-6-7-8-9-16-27-21-13-10-12-20(17-21)25-15-14-24-22(18-25)28-23(26)19(3)11-5-2/h10,12-14,17-19H,4-9,11,15-16H2,1-3H3. The van der Waals surface area contributed by atoms with Crippen molar-refractivity contribution in [3.63, 3.8) is 0 Å². The van der Waals surface area contributed by atoms with E-state index >= 15 is 0 Å². The Bertz CT molecular complexity index is 670. The lowest BCUT2D eigenvalue weighted by molar-refractivity contribution is -0.143. The van der Waals surface area contributed by atoms with Crippen molar-refractivity contribution in [2.45, 2.75) is 65.7 Å². The van der Waals surface area contributed by atoms with Gasteiger partial charge in [-0.25, -0.2) is 4.99 Å². The molecule has 5 nitrogen and oxygen atoms in total. The maximum Gasteiger partial charge on any atom is 0.315 e. The molecule has 0 amide bonds. The van der Waals surface area contributed by atoms with Gasteiger partial charge in [0.15, 0.2) is 0 Å². The van der Waals surface area contributed by atoms with Gasteiger partial charge in [-0.3, -0.25) is 4.79 Å². The van der Waals surface area contributed by atoms with Crippen LogP contribution in [0.15, 0.2) is 41.3 Å². The molecule has 0 N–H and O–H groups in total. The van der Waals surface area contributed by atoms with Crippen LogP contribution in [-0.4, -0.2) is 25.3 Å². The number of unbranched alkanes of at least 4 members (excludes halogenated alkanes) is 4. The largest absolute Gasteiger partial charge is 0.494 e. The molecule has 1 unspecified atom stereocenters. The number of anilines is 1. The Morgan fingerprint density at radius 3 is 2.79 bits per heavy atom. The van der Waals surface area contributed by atoms with Gasteiger partial charge in [-0.2, -0.15) is 0 Å². The average molecular weight is 387 g/mol. The van der Waals surface area contributed by atoms with E-state index in [-0.39, 0.29) is 11.9 Å². The molecule has 28 heavy (non-hydrogen) atoms. The van der Waals surface area contributed by atoms with Crippen LogP contribution in [0.3, 0.4) is 0 Å². The third kappa shape index (κ3) is 7.37. The second kappa shape index (κ2) is 12.2. The SMILES string of the molecule is CCCCCCCOc1cccc(N2C=C(OC(=O)C(C)CCC)N=CC2)c1. The lowest BCUT2D eigenvalue weighted by Gasteiger charge is -2.23. The topological polar surface area (TPSA) is 51.1 Å². The number of aliphatic imine (C=N–C) groups is 1. The highest BCUT2D eigenvalue weighted by Gasteiger charge is 2.18. The zero-order valence-electron chi connectivity index (χ0n) is 17.5. The van der Waals surface area contributed by atoms with E-state index in [2.05, 4.69) is 18.8 Å². The Morgan fingerprint density at radius 2 is 2.00 bits per heavy atom. The number of carbonyl (C=O) groups excluding carboxylic acids is 1. The van der Waals surface area contributed by atoms with Gasteiger partial charge in [0.25, 0.3) is 0 Å². The van der Waals surface area contributed by atoms with E-state index in [4.69, 9.17) is 9.47 Å². The van der Waals surface area contributed by atoms with Crippen LogP contribution in [0.1, 0.15) is 65.7 Å². The lowest BCUT2D eigenvalue weighted by atomic mass is 10.1. The predicted molar refractivity (Wildman–Crippen MR) is 115 cm³/mol. The molecule has 0 fully saturated rings. The molecule has 0 aromatic heterocycles. The van der Waals surface area contributed by atoms with Crippen LogP contribution < -0.4 is 9.64 Å². The molecule has 1 aliphatic rings. The maximum atomic E-state index is 12.1. The molecule has 1 aromatic carbocycles. The summed E-state index contributed by atoms with van der Waals surface area (Å²) in [6, 6.07) is 7.99. The summed E-state index contributed by atoms with van der Waals surface area (Å²) < 4.78 is 11.4. The van der Waals surface area contributed by atoms with Gasteiger partial charge in [-0.1, -0.05) is 58.9 Å². The highest BCUT2D eigenvalue weighted by atomic mass is 16.5. The summed E-state index contributed by atoms with van der Waals surface area (Å²) in [6.07, 6.45) is 11.4. The number of esters is 1. The molecular formula is C23H34N2O3. The zero-order valence-corrected chi connectivity index (χ0v) is 17.5. The molecule has 0 radical (unpaired) electrons. The number of nitrogens with zero attached hydrogens (tertiary/aromatic N) is 2. The van der Waals surface area contributed by atoms with Gasteiger partial charge in [-0.15, -0.1) is 0 Å². The number of rotatable bonds is 12. The van der Waals surface area contributed by atoms with Gasteiger partial charge in [0.1, 0.15) is 5.75 Å². The summed E-state index contributed by atoms with van der Waals surface area (Å²) in [7, 11) is 0. The zero-order chi connectivity index (χ0) is 20.2. The van der Waals surface area contributed by atoms with Crippen molar-refractivity contribution in [3.8, 4) is 5.75 Å². The average Bonchev–Trinajstić information content (AvgIpc) is 2.71. The Morgan fingerprint density at radius 1 is 1.18 bits per heavy atom. The molecule has 0 spiro atoms. The molecule has 1 aliphatic heterocycles. The van der Waals surface area contributed by atoms with E-state index in [0.717, 1.165) is 37.3 Å². The number of benzene rings is 1. The van der Waals surface area contributed by atoms with Crippen LogP contribution in [0.4, 0.5) is 5.69 Å². The van der Waals surface area contributed by atoms with Crippen LogP contribution in [-0.2, 0) is 9.53 Å². The summed E-state index contributed by atoms with van der Waals surface area (Å²) in [5.74, 6) is 0.846. The minimum absolute atomic E-state index is 0.120. The summed E-state index contributed by atoms with van der Waals surface area (Å²) in [5, 5.41) is 0. The van der Waals surface area contributed by atoms with Gasteiger partial charge in [-0.05, 0) is 25.0 Å². The molecule has 5 heteroatoms. The lowest BCUT2D eigenvalue weighted by Crippen LogP contribution is -2.24. The quantitative estimate of drug-likeness (QED) is 0.341. The first-order valence-corrected chi connectivity index (χ1v) is 10.6. The fraction of sp³-hybridized carbons (Fsp3) is 0.565. The molecule has 0 aliphatic carbocycles. The van der Waals surface area contributed by atoms with Crippen molar-refractivity contribution in [3.05, 3.63) is 36.3 Å². The molecule has 1 aromatic rings. The molecular weight excluding hydrogens is 352 g/mol. The third-order valence-corrected chi connectivity index (χ3v) is 4.76. The summed E-state index contributed by atoms with van der Waals surface area (Å²) in [5.41, 5.74) is 0.991. The molecule has 1 heterocycles. The van der Waals surface area contributed by atoms with Crippen LogP contribution >= 0.6 is 0 Å². The minimum Gasteiger partial charge on any atom is -0.494 e. The highest BCUT2D eigenvalue weighted by molar-refractivity contribution is 5.75. The van der Waals surface area contributed by atoms with E-state index in [1.165, 1.54) is 25.7 Å². The van der Waals surface area contributed by atoms with E-state index in [0.29, 0.717) is 12.4 Å². The first-order valence-electron chi connectivity index (χ1n) is 10.6. The molecule has 0 saturated heterocycles. The highest BCUT2D eigenvalue weighted by Crippen LogP contribution is 2.24. The third-order valence-electron chi connectivity index (χ3n) is 4.76. The Kier molecular flexibility index (Phi) is 9.60. The second-order valence-electron chi connectivity index (χ2n) is 7.30. The van der Waals surface area contributed by atoms with Crippen LogP contribution in [0.25, 0.3) is 0 Å². The molecule has 1 atom stereocenters. The summed E-state index contributed by atoms with van der Waals surface area (Å²) in [6.45, 7) is 7.54. The number of carbonyl (C=O) groups is 1. The van der Waals surface area contributed by atoms with Crippen molar-refractivity contribution in [1.29, 1.82) is 0 Å². The first-order chi connectivity index (χ1) is 13.6. The van der Waals surface area contributed by atoms with Gasteiger partial charge in [0, 0.05) is 18.0 Å². The number of hydrogen-bond donors (Lipinski definition) is 0. The first kappa shape index (κ1) is 22.0. The van der Waals surface area contributed by atoms with Crippen LogP contribution in [0, 0.1) is 5.92 Å². The fourth-order valence-electron chi connectivity index (χ4n) is 3.07. The minimum atomic E-state index is -0.229. The predicted octanol–water partition coefficient (Wildman–Crippen LogP) is 5.70. The van der Waals surface area contributed by atoms with E-state index < -0.39 is 0 Å². The molecule has 154 valence electrons. The normalized spacial score (nSPS) is 14.5. The number of hydrogen-bond acceptors (Lipinski definition) is 5. The summed E-state index contributed by atoms with van der Waals surface area (Å²) >= 11 is 0. The fourth-order valence-corrected chi connectivity index (χ4v) is 3.07. The van der Waals surface area contributed by atoms with Crippen molar-refractivity contribution in [1.82, 2.24) is 0 Å². The molecule has 0 bridgehead atoms. The Hall–Kier alpha value is -2.30. The Balaban J connectivity index is 1.90. The van der Waals surface area contributed by atoms with Crippen molar-refractivity contribution in [2.24, 2.45) is 10.9 Å². The van der Waals surface area contributed by atoms with E-state index in [1.54, 1.807) is 12.4 Å². The van der Waals surface area contributed by atoms with Crippen molar-refractivity contribution >= 4 is 17.9 Å². The van der Waals surface area contributed by atoms with Gasteiger partial charge < -0.3 is 14.4 Å². The van der Waals surface area contributed by atoms with E-state index in [9.17, 15) is 4.79 Å². The van der Waals surface area contributed by atoms with Gasteiger partial charge >= 0.3 is 5.97 Å². The second-order valence-corrected chi connectivity index (χ2v) is 7.30. The van der Waals surface area contributed by atoms with E-state index in [1.807, 2.05) is 36.1 Å². The summed E-state index contributed by atoms with van der Waals surface area (Å²) in [4.78, 5) is 18.4. The van der Waals surface area contributed by atoms with Gasteiger partial charge in [0.05, 0.1) is 25.3 Å². The van der Waals surface area contributed by atoms with Crippen molar-refractivity contribution in [2.75, 3.05) is 18.1 Å². The molecule has 0 saturated carbocycles. The number of ether oxygens (including phenoxy) is 2. The molecule has 2 rings (SSSR count). The monoisotopic (exact) mass is 386 g/mol. The Labute approximate surface area is 169 Å². The van der Waals surface area contributed by atoms with Crippen LogP contribution in [0.5, 0.6) is 5.75 Å². The maximum absolute atomic E-state index is 12.1. The van der Waals surface area contributed by atoms with Crippen molar-refractivity contribution < 1.29 is 14.3 Å². The van der Waals surface area contributed by atoms with Crippen LogP contribution in [0.2, 0.25) is 0 Å². The smallest absolute Gasteiger partial charge is 0.315 e.